The topological polar surface area (TPSA) is 91.5 Å². The number of halogens is 1. The van der Waals surface area contributed by atoms with Gasteiger partial charge in [0.1, 0.15) is 22.1 Å². The molecule has 132 valence electrons. The second kappa shape index (κ2) is 5.59. The second-order valence-electron chi connectivity index (χ2n) is 6.57. The van der Waals surface area contributed by atoms with E-state index in [1.165, 1.54) is 18.5 Å². The summed E-state index contributed by atoms with van der Waals surface area (Å²) in [7, 11) is 0. The monoisotopic (exact) mass is 378 g/mol. The third-order valence-electron chi connectivity index (χ3n) is 4.81. The lowest BCUT2D eigenvalue weighted by atomic mass is 10.0. The predicted molar refractivity (Wildman–Crippen MR) is 100 cm³/mol. The number of benzene rings is 1. The number of aromatic nitrogens is 3. The number of fused-ring (bicyclic) bond motifs is 2. The first-order chi connectivity index (χ1) is 13.1. The van der Waals surface area contributed by atoms with Crippen molar-refractivity contribution in [1.82, 2.24) is 13.9 Å². The standard InChI is InChI=1S/C19H11FN4O2S/c20-14-4-13-15(5-12(14)10-3-9(6-21)7-22-8-10)24(11-1-2-11)19-16(17(13)25)18(26)23-27-19/h3-5,7-8,11H,1-2H2,(H,23,26). The molecule has 1 fully saturated rings. The molecule has 0 spiro atoms. The van der Waals surface area contributed by atoms with E-state index in [4.69, 9.17) is 5.26 Å². The summed E-state index contributed by atoms with van der Waals surface area (Å²) in [4.78, 5) is 29.5. The Balaban J connectivity index is 1.92. The first kappa shape index (κ1) is 15.9. The maximum absolute atomic E-state index is 14.9. The van der Waals surface area contributed by atoms with Crippen molar-refractivity contribution in [3.63, 3.8) is 0 Å². The molecule has 27 heavy (non-hydrogen) atoms. The van der Waals surface area contributed by atoms with E-state index < -0.39 is 16.8 Å². The van der Waals surface area contributed by atoms with E-state index in [1.54, 1.807) is 12.1 Å². The number of aromatic amines is 1. The van der Waals surface area contributed by atoms with Crippen LogP contribution in [0.25, 0.3) is 32.2 Å². The number of hydrogen-bond acceptors (Lipinski definition) is 5. The van der Waals surface area contributed by atoms with Crippen LogP contribution in [-0.2, 0) is 0 Å². The molecule has 3 aromatic heterocycles. The quantitative estimate of drug-likeness (QED) is 0.579. The first-order valence-electron chi connectivity index (χ1n) is 8.33. The summed E-state index contributed by atoms with van der Waals surface area (Å²) in [6.45, 7) is 0. The van der Waals surface area contributed by atoms with Gasteiger partial charge in [-0.05, 0) is 42.6 Å². The van der Waals surface area contributed by atoms with Crippen molar-refractivity contribution in [2.75, 3.05) is 0 Å². The lowest BCUT2D eigenvalue weighted by Crippen LogP contribution is -2.15. The average molecular weight is 378 g/mol. The number of nitrogens with one attached hydrogen (secondary N) is 1. The number of nitriles is 1. The molecular formula is C19H11FN4O2S. The van der Waals surface area contributed by atoms with E-state index in [9.17, 15) is 14.0 Å². The van der Waals surface area contributed by atoms with Gasteiger partial charge in [-0.1, -0.05) is 0 Å². The van der Waals surface area contributed by atoms with Crippen LogP contribution in [0.15, 0.2) is 40.2 Å². The minimum absolute atomic E-state index is 0.0831. The summed E-state index contributed by atoms with van der Waals surface area (Å²) in [5, 5.41) is 9.34. The molecule has 0 amide bonds. The number of pyridine rings is 2. The summed E-state index contributed by atoms with van der Waals surface area (Å²) < 4.78 is 19.4. The highest BCUT2D eigenvalue weighted by Crippen LogP contribution is 2.40. The Morgan fingerprint density at radius 2 is 2.07 bits per heavy atom. The Morgan fingerprint density at radius 3 is 2.81 bits per heavy atom. The molecule has 3 heterocycles. The van der Waals surface area contributed by atoms with Gasteiger partial charge >= 0.3 is 0 Å². The zero-order valence-corrected chi connectivity index (χ0v) is 14.6. The summed E-state index contributed by atoms with van der Waals surface area (Å²) in [6.07, 6.45) is 4.77. The van der Waals surface area contributed by atoms with Crippen LogP contribution in [-0.4, -0.2) is 13.9 Å². The highest BCUT2D eigenvalue weighted by Gasteiger charge is 2.29. The fourth-order valence-corrected chi connectivity index (χ4v) is 4.34. The summed E-state index contributed by atoms with van der Waals surface area (Å²) in [5.41, 5.74) is 0.740. The van der Waals surface area contributed by atoms with Crippen LogP contribution in [0.3, 0.4) is 0 Å². The third kappa shape index (κ3) is 2.32. The largest absolute Gasteiger partial charge is 0.328 e. The molecule has 6 nitrogen and oxygen atoms in total. The molecule has 0 bridgehead atoms. The number of hydrogen-bond donors (Lipinski definition) is 1. The van der Waals surface area contributed by atoms with Crippen LogP contribution in [0.4, 0.5) is 4.39 Å². The van der Waals surface area contributed by atoms with Crippen LogP contribution in [0.5, 0.6) is 0 Å². The molecule has 0 saturated heterocycles. The average Bonchev–Trinajstić information content (AvgIpc) is 3.44. The van der Waals surface area contributed by atoms with Gasteiger partial charge in [0, 0.05) is 34.9 Å². The van der Waals surface area contributed by atoms with Crippen LogP contribution < -0.4 is 11.0 Å². The summed E-state index contributed by atoms with van der Waals surface area (Å²) in [5.74, 6) is -0.593. The molecule has 0 unspecified atom stereocenters. The Labute approximate surface area is 155 Å². The molecule has 1 aromatic carbocycles. The predicted octanol–water partition coefficient (Wildman–Crippen LogP) is 3.31. The minimum atomic E-state index is -0.593. The summed E-state index contributed by atoms with van der Waals surface area (Å²) in [6, 6.07) is 6.54. The van der Waals surface area contributed by atoms with Crippen molar-refractivity contribution >= 4 is 32.7 Å². The van der Waals surface area contributed by atoms with Gasteiger partial charge in [-0.15, -0.1) is 0 Å². The van der Waals surface area contributed by atoms with E-state index in [0.717, 1.165) is 24.4 Å². The van der Waals surface area contributed by atoms with Gasteiger partial charge in [-0.25, -0.2) is 4.39 Å². The van der Waals surface area contributed by atoms with Crippen molar-refractivity contribution in [3.8, 4) is 17.2 Å². The molecule has 4 aromatic rings. The highest BCUT2D eigenvalue weighted by molar-refractivity contribution is 7.12. The molecular weight excluding hydrogens is 367 g/mol. The first-order valence-corrected chi connectivity index (χ1v) is 9.14. The van der Waals surface area contributed by atoms with Gasteiger partial charge < -0.3 is 4.57 Å². The normalized spacial score (nSPS) is 13.9. The SMILES string of the molecule is N#Cc1cncc(-c2cc3c(cc2F)c(=O)c2c(=O)[nH]sc2n3C2CC2)c1. The molecule has 0 aliphatic heterocycles. The maximum Gasteiger partial charge on any atom is 0.271 e. The van der Waals surface area contributed by atoms with Crippen LogP contribution in [0.2, 0.25) is 0 Å². The molecule has 8 heteroatoms. The smallest absolute Gasteiger partial charge is 0.271 e. The van der Waals surface area contributed by atoms with Crippen LogP contribution in [0.1, 0.15) is 24.4 Å². The molecule has 0 radical (unpaired) electrons. The fraction of sp³-hybridized carbons (Fsp3) is 0.158. The highest BCUT2D eigenvalue weighted by atomic mass is 32.1. The van der Waals surface area contributed by atoms with Gasteiger partial charge in [-0.3, -0.25) is 18.9 Å². The lowest BCUT2D eigenvalue weighted by molar-refractivity contribution is 0.632. The molecule has 1 N–H and O–H groups in total. The van der Waals surface area contributed by atoms with Crippen molar-refractivity contribution in [1.29, 1.82) is 5.26 Å². The molecule has 1 aliphatic rings. The van der Waals surface area contributed by atoms with Gasteiger partial charge in [0.05, 0.1) is 11.1 Å². The van der Waals surface area contributed by atoms with Crippen LogP contribution >= 0.6 is 11.5 Å². The van der Waals surface area contributed by atoms with Crippen molar-refractivity contribution in [3.05, 3.63) is 62.6 Å². The van der Waals surface area contributed by atoms with E-state index in [0.29, 0.717) is 21.5 Å². The number of H-pyrrole nitrogens is 1. The number of rotatable bonds is 2. The summed E-state index contributed by atoms with van der Waals surface area (Å²) >= 11 is 1.13. The van der Waals surface area contributed by atoms with Gasteiger partial charge in [0.2, 0.25) is 5.43 Å². The van der Waals surface area contributed by atoms with Crippen molar-refractivity contribution in [2.24, 2.45) is 0 Å². The molecule has 0 atom stereocenters. The maximum atomic E-state index is 14.9. The molecule has 1 saturated carbocycles. The van der Waals surface area contributed by atoms with Gasteiger partial charge in [0.15, 0.2) is 0 Å². The molecule has 1 aliphatic carbocycles. The zero-order chi connectivity index (χ0) is 18.7. The van der Waals surface area contributed by atoms with Crippen molar-refractivity contribution < 1.29 is 4.39 Å². The lowest BCUT2D eigenvalue weighted by Gasteiger charge is -2.13. The van der Waals surface area contributed by atoms with Gasteiger partial charge in [-0.2, -0.15) is 5.26 Å². The second-order valence-corrected chi connectivity index (χ2v) is 7.36. The minimum Gasteiger partial charge on any atom is -0.328 e. The van der Waals surface area contributed by atoms with Gasteiger partial charge in [0.25, 0.3) is 5.56 Å². The Hall–Kier alpha value is -3.31. The molecule has 5 rings (SSSR count). The Kier molecular flexibility index (Phi) is 3.29. The third-order valence-corrected chi connectivity index (χ3v) is 5.69. The fourth-order valence-electron chi connectivity index (χ4n) is 3.42. The Bertz CT molecular complexity index is 1410. The van der Waals surface area contributed by atoms with E-state index >= 15 is 0 Å². The Morgan fingerprint density at radius 1 is 1.26 bits per heavy atom. The zero-order valence-electron chi connectivity index (χ0n) is 13.8. The van der Waals surface area contributed by atoms with Crippen molar-refractivity contribution in [2.45, 2.75) is 18.9 Å². The number of nitrogens with zero attached hydrogens (tertiary/aromatic N) is 3. The van der Waals surface area contributed by atoms with E-state index in [-0.39, 0.29) is 22.4 Å². The van der Waals surface area contributed by atoms with E-state index in [2.05, 4.69) is 9.36 Å². The van der Waals surface area contributed by atoms with E-state index in [1.807, 2.05) is 10.6 Å². The van der Waals surface area contributed by atoms with Crippen LogP contribution in [0, 0.1) is 17.1 Å².